The van der Waals surface area contributed by atoms with Gasteiger partial charge in [-0.05, 0) is 54.1 Å². The Morgan fingerprint density at radius 3 is 2.31 bits per heavy atom. The number of primary sulfonamides is 1. The second-order valence-electron chi connectivity index (χ2n) is 9.57. The molecule has 11 nitrogen and oxygen atoms in total. The van der Waals surface area contributed by atoms with Crippen molar-refractivity contribution in [2.24, 2.45) is 11.1 Å². The molecular weight excluding hydrogens is 601 g/mol. The highest BCUT2D eigenvalue weighted by Crippen LogP contribution is 2.53. The summed E-state index contributed by atoms with van der Waals surface area (Å²) in [5, 5.41) is 7.59. The number of sulfonamides is 1. The maximum absolute atomic E-state index is 13.7. The van der Waals surface area contributed by atoms with Crippen LogP contribution in [0.15, 0.2) is 93.6 Å². The topological polar surface area (TPSA) is 169 Å². The summed E-state index contributed by atoms with van der Waals surface area (Å²) in [7, 11) is -3.84. The molecule has 6 rings (SSSR count). The number of amides is 3. The molecule has 4 N–H and O–H groups in total. The molecule has 3 atom stereocenters. The number of imide groups is 1. The summed E-state index contributed by atoms with van der Waals surface area (Å²) < 4.78 is 28.4. The quantitative estimate of drug-likeness (QED) is 0.264. The molecule has 42 heavy (non-hydrogen) atoms. The number of nitrogens with two attached hydrogens (primary N) is 1. The Labute approximate surface area is 247 Å². The third kappa shape index (κ3) is 5.25. The van der Waals surface area contributed by atoms with Gasteiger partial charge in [0.1, 0.15) is 11.0 Å². The van der Waals surface area contributed by atoms with Gasteiger partial charge in [-0.1, -0.05) is 53.4 Å². The van der Waals surface area contributed by atoms with Gasteiger partial charge in [0.25, 0.3) is 5.91 Å². The Balaban J connectivity index is 1.19. The number of aromatic nitrogens is 1. The van der Waals surface area contributed by atoms with Gasteiger partial charge in [-0.2, -0.15) is 0 Å². The number of thiazole rings is 1. The van der Waals surface area contributed by atoms with Crippen molar-refractivity contribution in [3.05, 3.63) is 99.0 Å². The fourth-order valence-electron chi connectivity index (χ4n) is 5.05. The fourth-order valence-corrected chi connectivity index (χ4v) is 8.08. The van der Waals surface area contributed by atoms with Crippen molar-refractivity contribution < 1.29 is 27.5 Å². The van der Waals surface area contributed by atoms with Gasteiger partial charge in [0.2, 0.25) is 21.8 Å². The van der Waals surface area contributed by atoms with E-state index >= 15 is 0 Å². The molecule has 3 heterocycles. The van der Waals surface area contributed by atoms with Crippen molar-refractivity contribution in [3.63, 3.8) is 0 Å². The van der Waals surface area contributed by atoms with Crippen LogP contribution in [0.1, 0.15) is 16.4 Å². The van der Waals surface area contributed by atoms with Crippen LogP contribution >= 0.6 is 23.1 Å². The van der Waals surface area contributed by atoms with Crippen LogP contribution in [0.2, 0.25) is 0 Å². The highest BCUT2D eigenvalue weighted by atomic mass is 32.2. The number of benzene rings is 3. The van der Waals surface area contributed by atoms with E-state index in [0.29, 0.717) is 27.0 Å². The third-order valence-corrected chi connectivity index (χ3v) is 10.2. The summed E-state index contributed by atoms with van der Waals surface area (Å²) in [4.78, 5) is 56.2. The minimum absolute atomic E-state index is 0.0739. The van der Waals surface area contributed by atoms with E-state index < -0.39 is 33.0 Å². The summed E-state index contributed by atoms with van der Waals surface area (Å²) in [6.07, 6.45) is 0. The molecule has 2 aliphatic heterocycles. The molecule has 0 bridgehead atoms. The van der Waals surface area contributed by atoms with Gasteiger partial charge in [0.05, 0.1) is 21.5 Å². The number of para-hydroxylation sites is 1. The zero-order valence-corrected chi connectivity index (χ0v) is 24.0. The van der Waals surface area contributed by atoms with Gasteiger partial charge in [-0.25, -0.2) is 18.5 Å². The molecular formula is C28H22N4O7S3. The van der Waals surface area contributed by atoms with Crippen molar-refractivity contribution in [1.29, 1.82) is 0 Å². The number of hydrogen-bond donors (Lipinski definition) is 3. The number of carbonyl (C=O) groups excluding carboxylic acids is 3. The van der Waals surface area contributed by atoms with Gasteiger partial charge in [-0.15, -0.1) is 0 Å². The summed E-state index contributed by atoms with van der Waals surface area (Å²) >= 11 is 2.24. The molecule has 0 spiro atoms. The predicted molar refractivity (Wildman–Crippen MR) is 157 cm³/mol. The first-order valence-corrected chi connectivity index (χ1v) is 15.8. The number of carbonyl (C=O) groups is 3. The number of nitrogens with one attached hydrogen (secondary N) is 2. The maximum Gasteiger partial charge on any atom is 0.305 e. The van der Waals surface area contributed by atoms with E-state index in [9.17, 15) is 27.6 Å². The van der Waals surface area contributed by atoms with Crippen molar-refractivity contribution >= 4 is 62.2 Å². The summed E-state index contributed by atoms with van der Waals surface area (Å²) in [5.41, 5.74) is 1.60. The van der Waals surface area contributed by atoms with Crippen LogP contribution in [-0.2, 0) is 24.4 Å². The van der Waals surface area contributed by atoms with E-state index in [1.165, 1.54) is 40.9 Å². The van der Waals surface area contributed by atoms with Crippen molar-refractivity contribution in [2.45, 2.75) is 21.1 Å². The number of thioether (sulfide) groups is 1. The van der Waals surface area contributed by atoms with Crippen molar-refractivity contribution in [3.8, 4) is 5.75 Å². The second kappa shape index (κ2) is 10.9. The second-order valence-corrected chi connectivity index (χ2v) is 13.3. The zero-order chi connectivity index (χ0) is 29.6. The average Bonchev–Trinajstić information content (AvgIpc) is 3.46. The van der Waals surface area contributed by atoms with E-state index in [0.717, 1.165) is 16.9 Å². The molecule has 1 aromatic heterocycles. The van der Waals surface area contributed by atoms with Gasteiger partial charge < -0.3 is 15.0 Å². The van der Waals surface area contributed by atoms with Crippen molar-refractivity contribution in [1.82, 2.24) is 4.98 Å². The number of rotatable bonds is 7. The van der Waals surface area contributed by atoms with E-state index in [1.54, 1.807) is 48.5 Å². The lowest BCUT2D eigenvalue weighted by atomic mass is 9.83. The first-order valence-electron chi connectivity index (χ1n) is 12.6. The Kier molecular flexibility index (Phi) is 7.22. The summed E-state index contributed by atoms with van der Waals surface area (Å²) in [6.45, 7) is -0.316. The highest BCUT2D eigenvalue weighted by Gasteiger charge is 2.56. The van der Waals surface area contributed by atoms with Gasteiger partial charge in [0, 0.05) is 16.5 Å². The largest absolute Gasteiger partial charge is 0.484 e. The molecule has 0 saturated carbocycles. The molecule has 0 radical (unpaired) electrons. The van der Waals surface area contributed by atoms with Crippen LogP contribution in [0.3, 0.4) is 0 Å². The minimum atomic E-state index is -3.84. The molecule has 0 unspecified atom stereocenters. The average molecular weight is 623 g/mol. The molecule has 214 valence electrons. The van der Waals surface area contributed by atoms with Crippen LogP contribution in [-0.4, -0.2) is 43.0 Å². The lowest BCUT2D eigenvalue weighted by Crippen LogP contribution is -2.32. The molecule has 2 aliphatic rings. The van der Waals surface area contributed by atoms with Crippen molar-refractivity contribution in [2.75, 3.05) is 16.8 Å². The Bertz CT molecular complexity index is 1850. The van der Waals surface area contributed by atoms with Crippen LogP contribution < -0.4 is 25.0 Å². The number of aromatic amines is 1. The maximum atomic E-state index is 13.7. The first kappa shape index (κ1) is 27.9. The monoisotopic (exact) mass is 622 g/mol. The lowest BCUT2D eigenvalue weighted by Gasteiger charge is -2.29. The number of H-pyrrole nitrogens is 1. The minimum Gasteiger partial charge on any atom is -0.484 e. The normalized spacial score (nSPS) is 19.7. The van der Waals surface area contributed by atoms with Gasteiger partial charge in [0.15, 0.2) is 6.61 Å². The predicted octanol–water partition coefficient (Wildman–Crippen LogP) is 2.90. The SMILES string of the molecule is NS(=O)(=O)c1ccc(NC(=O)COc2ccc([C@@H]3c4sc(=O)[nH]c4S[C@H]4C(=O)N(c5ccccc5)C(=O)[C@@H]34)cc2)cc1. The van der Waals surface area contributed by atoms with E-state index in [2.05, 4.69) is 10.3 Å². The zero-order valence-electron chi connectivity index (χ0n) is 21.6. The number of nitrogens with zero attached hydrogens (tertiary/aromatic N) is 1. The number of hydrogen-bond acceptors (Lipinski definition) is 9. The number of ether oxygens (including phenoxy) is 1. The molecule has 1 saturated heterocycles. The van der Waals surface area contributed by atoms with E-state index in [4.69, 9.17) is 9.88 Å². The number of anilines is 2. The molecule has 4 aromatic rings. The van der Waals surface area contributed by atoms with Crippen LogP contribution in [0.25, 0.3) is 0 Å². The van der Waals surface area contributed by atoms with Gasteiger partial charge >= 0.3 is 4.87 Å². The molecule has 3 aromatic carbocycles. The van der Waals surface area contributed by atoms with E-state index in [1.807, 2.05) is 6.07 Å². The van der Waals surface area contributed by atoms with Crippen LogP contribution in [0.5, 0.6) is 5.75 Å². The summed E-state index contributed by atoms with van der Waals surface area (Å²) in [5.74, 6) is -1.96. The lowest BCUT2D eigenvalue weighted by molar-refractivity contribution is -0.122. The third-order valence-electron chi connectivity index (χ3n) is 6.91. The van der Waals surface area contributed by atoms with Crippen LogP contribution in [0.4, 0.5) is 11.4 Å². The van der Waals surface area contributed by atoms with E-state index in [-0.39, 0.29) is 28.2 Å². The first-order chi connectivity index (χ1) is 20.1. The Morgan fingerprint density at radius 1 is 0.952 bits per heavy atom. The molecule has 14 heteroatoms. The molecule has 0 aliphatic carbocycles. The fraction of sp³-hybridized carbons (Fsp3) is 0.143. The van der Waals surface area contributed by atoms with Crippen LogP contribution in [0, 0.1) is 5.92 Å². The Morgan fingerprint density at radius 2 is 1.64 bits per heavy atom. The molecule has 1 fully saturated rings. The standard InChI is InChI=1S/C28H22N4O7S3/c29-42(37,38)19-12-8-16(9-13-19)30-20(33)14-39-18-10-6-15(7-11-18)21-22-24(40-25-23(21)41-28(36)31-25)27(35)32(26(22)34)17-4-2-1-3-5-17/h1-13,21-22,24H,14H2,(H,30,33)(H,31,36)(H2,29,37,38)/t21-,22-,24+/m0/s1. The highest BCUT2D eigenvalue weighted by molar-refractivity contribution is 8.00. The molecule has 3 amide bonds. The smallest absolute Gasteiger partial charge is 0.305 e. The Hall–Kier alpha value is -4.24. The number of fused-ring (bicyclic) bond motifs is 2. The van der Waals surface area contributed by atoms with Gasteiger partial charge in [-0.3, -0.25) is 19.2 Å². The summed E-state index contributed by atoms with van der Waals surface area (Å²) in [6, 6.07) is 21.0.